The molecule has 7 nitrogen and oxygen atoms in total. The number of rotatable bonds is 8. The Morgan fingerprint density at radius 1 is 1.20 bits per heavy atom. The van der Waals surface area contributed by atoms with Crippen LogP contribution in [-0.2, 0) is 16.0 Å². The van der Waals surface area contributed by atoms with Crippen LogP contribution in [0.25, 0.3) is 11.4 Å². The molecule has 0 N–H and O–H groups in total. The van der Waals surface area contributed by atoms with E-state index in [2.05, 4.69) is 10.1 Å². The van der Waals surface area contributed by atoms with Gasteiger partial charge in [-0.3, -0.25) is 4.79 Å². The third-order valence-corrected chi connectivity index (χ3v) is 4.61. The van der Waals surface area contributed by atoms with Gasteiger partial charge in [0.15, 0.2) is 17.6 Å². The van der Waals surface area contributed by atoms with E-state index in [4.69, 9.17) is 18.7 Å². The van der Waals surface area contributed by atoms with Gasteiger partial charge in [-0.25, -0.2) is 4.39 Å². The lowest BCUT2D eigenvalue weighted by Crippen LogP contribution is -2.10. The Kier molecular flexibility index (Phi) is 6.66. The van der Waals surface area contributed by atoms with E-state index < -0.39 is 12.1 Å². The number of para-hydroxylation sites is 1. The summed E-state index contributed by atoms with van der Waals surface area (Å²) in [6.07, 6.45) is -0.178. The van der Waals surface area contributed by atoms with Gasteiger partial charge in [-0.1, -0.05) is 29.4 Å². The van der Waals surface area contributed by atoms with Gasteiger partial charge in [0.1, 0.15) is 5.82 Å². The molecule has 0 radical (unpaired) electrons. The molecule has 2 aromatic carbocycles. The molecule has 158 valence electrons. The van der Waals surface area contributed by atoms with Crippen molar-refractivity contribution in [3.05, 3.63) is 59.2 Å². The van der Waals surface area contributed by atoms with Crippen molar-refractivity contribution in [3.8, 4) is 22.9 Å². The second kappa shape index (κ2) is 9.39. The number of carbonyl (C=O) groups excluding carboxylic acids is 1. The summed E-state index contributed by atoms with van der Waals surface area (Å²) < 4.78 is 35.0. The van der Waals surface area contributed by atoms with E-state index >= 15 is 0 Å². The number of benzene rings is 2. The third kappa shape index (κ3) is 4.76. The molecule has 0 saturated carbocycles. The number of nitrogens with zero attached hydrogens (tertiary/aromatic N) is 2. The van der Waals surface area contributed by atoms with Crippen LogP contribution in [0, 0.1) is 12.7 Å². The topological polar surface area (TPSA) is 83.7 Å². The second-order valence-electron chi connectivity index (χ2n) is 6.70. The van der Waals surface area contributed by atoms with Crippen molar-refractivity contribution in [2.24, 2.45) is 0 Å². The molecule has 0 fully saturated rings. The van der Waals surface area contributed by atoms with Crippen LogP contribution in [0.15, 0.2) is 40.9 Å². The zero-order valence-electron chi connectivity index (χ0n) is 17.3. The summed E-state index contributed by atoms with van der Waals surface area (Å²) in [5.74, 6) is 0.779. The van der Waals surface area contributed by atoms with Crippen molar-refractivity contribution in [2.75, 3.05) is 14.2 Å². The fraction of sp³-hybridized carbons (Fsp3) is 0.318. The first-order valence-corrected chi connectivity index (χ1v) is 9.42. The third-order valence-electron chi connectivity index (χ3n) is 4.61. The quantitative estimate of drug-likeness (QED) is 0.504. The van der Waals surface area contributed by atoms with Gasteiger partial charge in [0, 0.05) is 12.0 Å². The molecule has 1 aromatic heterocycles. The van der Waals surface area contributed by atoms with E-state index in [1.165, 1.54) is 6.07 Å². The maximum absolute atomic E-state index is 13.8. The largest absolute Gasteiger partial charge is 0.493 e. The number of hydrogen-bond acceptors (Lipinski definition) is 7. The molecular formula is C22H23FN2O5. The molecule has 0 saturated heterocycles. The van der Waals surface area contributed by atoms with Gasteiger partial charge in [-0.15, -0.1) is 0 Å². The number of carbonyl (C=O) groups is 1. The van der Waals surface area contributed by atoms with E-state index in [1.807, 2.05) is 12.1 Å². The second-order valence-corrected chi connectivity index (χ2v) is 6.70. The van der Waals surface area contributed by atoms with Gasteiger partial charge >= 0.3 is 5.97 Å². The highest BCUT2D eigenvalue weighted by Crippen LogP contribution is 2.31. The number of aryl methyl sites for hydroxylation is 2. The monoisotopic (exact) mass is 414 g/mol. The lowest BCUT2D eigenvalue weighted by molar-refractivity contribution is -0.149. The van der Waals surface area contributed by atoms with Crippen molar-refractivity contribution in [2.45, 2.75) is 32.8 Å². The molecule has 8 heteroatoms. The van der Waals surface area contributed by atoms with Crippen LogP contribution in [0.4, 0.5) is 4.39 Å². The fourth-order valence-electron chi connectivity index (χ4n) is 2.94. The van der Waals surface area contributed by atoms with E-state index in [0.29, 0.717) is 29.0 Å². The summed E-state index contributed by atoms with van der Waals surface area (Å²) in [4.78, 5) is 16.5. The lowest BCUT2D eigenvalue weighted by Gasteiger charge is -2.13. The minimum atomic E-state index is -0.735. The smallest absolute Gasteiger partial charge is 0.306 e. The summed E-state index contributed by atoms with van der Waals surface area (Å²) in [6, 6.07) is 10.2. The van der Waals surface area contributed by atoms with Crippen molar-refractivity contribution in [3.63, 3.8) is 0 Å². The first-order chi connectivity index (χ1) is 14.4. The van der Waals surface area contributed by atoms with Crippen LogP contribution in [0.2, 0.25) is 0 Å². The zero-order valence-corrected chi connectivity index (χ0v) is 17.3. The summed E-state index contributed by atoms with van der Waals surface area (Å²) in [7, 11) is 3.11. The van der Waals surface area contributed by atoms with Crippen LogP contribution in [-0.4, -0.2) is 30.3 Å². The minimum Gasteiger partial charge on any atom is -0.493 e. The Morgan fingerprint density at radius 2 is 2.00 bits per heavy atom. The molecule has 3 rings (SSSR count). The number of methoxy groups -OCH3 is 2. The normalized spacial score (nSPS) is 11.8. The first-order valence-electron chi connectivity index (χ1n) is 9.42. The summed E-state index contributed by atoms with van der Waals surface area (Å²) in [5, 5.41) is 3.85. The van der Waals surface area contributed by atoms with E-state index in [1.54, 1.807) is 46.3 Å². The average Bonchev–Trinajstić information content (AvgIpc) is 3.24. The van der Waals surface area contributed by atoms with Crippen LogP contribution in [0.5, 0.6) is 11.5 Å². The standard InChI is InChI=1S/C22H23FN2O5/c1-13-8-9-16(12-17(13)23)21-24-22(30-25-21)14(2)29-19(26)11-10-15-6-5-7-18(27-3)20(15)28-4/h5-9,12,14H,10-11H2,1-4H3. The fourth-order valence-corrected chi connectivity index (χ4v) is 2.94. The summed E-state index contributed by atoms with van der Waals surface area (Å²) in [6.45, 7) is 3.31. The number of esters is 1. The predicted molar refractivity (Wildman–Crippen MR) is 107 cm³/mol. The highest BCUT2D eigenvalue weighted by Gasteiger charge is 2.20. The number of halogens is 1. The molecule has 30 heavy (non-hydrogen) atoms. The Morgan fingerprint density at radius 3 is 2.70 bits per heavy atom. The predicted octanol–water partition coefficient (Wildman–Crippen LogP) is 4.44. The molecule has 1 unspecified atom stereocenters. The molecule has 0 aliphatic rings. The van der Waals surface area contributed by atoms with Crippen molar-refractivity contribution in [1.29, 1.82) is 0 Å². The van der Waals surface area contributed by atoms with Crippen LogP contribution in [0.1, 0.15) is 36.5 Å². The van der Waals surface area contributed by atoms with Crippen molar-refractivity contribution < 1.29 is 27.9 Å². The lowest BCUT2D eigenvalue weighted by atomic mass is 10.1. The SMILES string of the molecule is COc1cccc(CCC(=O)OC(C)c2nc(-c3ccc(C)c(F)c3)no2)c1OC. The highest BCUT2D eigenvalue weighted by molar-refractivity contribution is 5.70. The number of hydrogen-bond donors (Lipinski definition) is 0. The molecule has 1 heterocycles. The van der Waals surface area contributed by atoms with Crippen LogP contribution in [0.3, 0.4) is 0 Å². The summed E-state index contributed by atoms with van der Waals surface area (Å²) >= 11 is 0. The first kappa shape index (κ1) is 21.3. The van der Waals surface area contributed by atoms with Gasteiger partial charge < -0.3 is 18.7 Å². The Labute approximate surface area is 173 Å². The number of aromatic nitrogens is 2. The van der Waals surface area contributed by atoms with Gasteiger partial charge in [0.25, 0.3) is 5.89 Å². The van der Waals surface area contributed by atoms with Crippen molar-refractivity contribution in [1.82, 2.24) is 10.1 Å². The Hall–Kier alpha value is -3.42. The van der Waals surface area contributed by atoms with Crippen LogP contribution >= 0.6 is 0 Å². The van der Waals surface area contributed by atoms with Gasteiger partial charge in [-0.2, -0.15) is 4.98 Å². The molecule has 0 amide bonds. The zero-order chi connectivity index (χ0) is 21.7. The summed E-state index contributed by atoms with van der Waals surface area (Å²) in [5.41, 5.74) is 1.84. The maximum Gasteiger partial charge on any atom is 0.306 e. The van der Waals surface area contributed by atoms with E-state index in [0.717, 1.165) is 5.56 Å². The van der Waals surface area contributed by atoms with Crippen LogP contribution < -0.4 is 9.47 Å². The molecule has 0 aliphatic heterocycles. The molecule has 1 atom stereocenters. The maximum atomic E-state index is 13.8. The number of ether oxygens (including phenoxy) is 3. The molecule has 0 spiro atoms. The molecular weight excluding hydrogens is 391 g/mol. The van der Waals surface area contributed by atoms with Gasteiger partial charge in [0.05, 0.1) is 14.2 Å². The molecule has 3 aromatic rings. The van der Waals surface area contributed by atoms with Crippen molar-refractivity contribution >= 4 is 5.97 Å². The average molecular weight is 414 g/mol. The molecule has 0 aliphatic carbocycles. The molecule has 0 bridgehead atoms. The van der Waals surface area contributed by atoms with E-state index in [9.17, 15) is 9.18 Å². The highest BCUT2D eigenvalue weighted by atomic mass is 19.1. The minimum absolute atomic E-state index is 0.137. The van der Waals surface area contributed by atoms with Gasteiger partial charge in [0.2, 0.25) is 5.82 Å². The van der Waals surface area contributed by atoms with Gasteiger partial charge in [-0.05, 0) is 43.5 Å². The van der Waals surface area contributed by atoms with E-state index in [-0.39, 0.29) is 24.0 Å². The Balaban J connectivity index is 1.61. The Bertz CT molecular complexity index is 1030.